The quantitative estimate of drug-likeness (QED) is 0.757. The molecule has 3 heteroatoms. The first-order valence-electron chi connectivity index (χ1n) is 5.34. The Bertz CT molecular complexity index is 356. The zero-order valence-electron chi connectivity index (χ0n) is 8.92. The summed E-state index contributed by atoms with van der Waals surface area (Å²) >= 11 is 0. The van der Waals surface area contributed by atoms with E-state index in [1.54, 1.807) is 0 Å². The van der Waals surface area contributed by atoms with Crippen LogP contribution in [0.2, 0.25) is 0 Å². The summed E-state index contributed by atoms with van der Waals surface area (Å²) in [5, 5.41) is 6.26. The van der Waals surface area contributed by atoms with Crippen LogP contribution in [0, 0.1) is 6.92 Å². The molecule has 1 saturated heterocycles. The Morgan fingerprint density at radius 2 is 2.27 bits per heavy atom. The van der Waals surface area contributed by atoms with Crippen molar-refractivity contribution in [1.82, 2.24) is 10.6 Å². The molecule has 1 aromatic carbocycles. The lowest BCUT2D eigenvalue weighted by molar-refractivity contribution is 0.0939. The van der Waals surface area contributed by atoms with Crippen LogP contribution in [0.5, 0.6) is 0 Å². The van der Waals surface area contributed by atoms with Gasteiger partial charge in [-0.15, -0.1) is 0 Å². The Kier molecular flexibility index (Phi) is 3.02. The average molecular weight is 204 g/mol. The minimum absolute atomic E-state index is 0.0433. The molecule has 1 atom stereocenters. The summed E-state index contributed by atoms with van der Waals surface area (Å²) in [5.41, 5.74) is 1.81. The molecule has 1 fully saturated rings. The fourth-order valence-corrected chi connectivity index (χ4v) is 1.87. The molecule has 15 heavy (non-hydrogen) atoms. The average Bonchev–Trinajstić information content (AvgIpc) is 2.71. The zero-order valence-corrected chi connectivity index (χ0v) is 8.92. The molecule has 0 saturated carbocycles. The fourth-order valence-electron chi connectivity index (χ4n) is 1.87. The molecular weight excluding hydrogens is 188 g/mol. The van der Waals surface area contributed by atoms with E-state index in [2.05, 4.69) is 10.6 Å². The van der Waals surface area contributed by atoms with Crippen molar-refractivity contribution in [3.05, 3.63) is 35.4 Å². The van der Waals surface area contributed by atoms with Crippen LogP contribution in [0.1, 0.15) is 22.3 Å². The van der Waals surface area contributed by atoms with Crippen molar-refractivity contribution in [2.75, 3.05) is 13.1 Å². The van der Waals surface area contributed by atoms with Crippen LogP contribution in [0.4, 0.5) is 0 Å². The minimum Gasteiger partial charge on any atom is -0.348 e. The molecule has 1 aromatic rings. The first-order valence-corrected chi connectivity index (χ1v) is 5.34. The topological polar surface area (TPSA) is 41.1 Å². The van der Waals surface area contributed by atoms with Gasteiger partial charge >= 0.3 is 0 Å². The number of hydrogen-bond acceptors (Lipinski definition) is 2. The highest BCUT2D eigenvalue weighted by atomic mass is 16.1. The molecule has 0 aliphatic carbocycles. The number of nitrogens with one attached hydrogen (secondary N) is 2. The monoisotopic (exact) mass is 204 g/mol. The van der Waals surface area contributed by atoms with Crippen molar-refractivity contribution >= 4 is 5.91 Å². The normalized spacial score (nSPS) is 20.2. The van der Waals surface area contributed by atoms with Gasteiger partial charge in [0.25, 0.3) is 5.91 Å². The number of carbonyl (C=O) groups is 1. The first kappa shape index (κ1) is 10.2. The molecule has 0 radical (unpaired) electrons. The van der Waals surface area contributed by atoms with Crippen LogP contribution >= 0.6 is 0 Å². The van der Waals surface area contributed by atoms with Gasteiger partial charge < -0.3 is 10.6 Å². The van der Waals surface area contributed by atoms with Gasteiger partial charge in [-0.1, -0.05) is 18.2 Å². The number of hydrogen-bond donors (Lipinski definition) is 2. The maximum atomic E-state index is 11.9. The zero-order chi connectivity index (χ0) is 10.7. The Morgan fingerprint density at radius 3 is 2.93 bits per heavy atom. The number of carbonyl (C=O) groups excluding carboxylic acids is 1. The van der Waals surface area contributed by atoms with Gasteiger partial charge in [0.2, 0.25) is 0 Å². The molecule has 2 N–H and O–H groups in total. The SMILES string of the molecule is Cc1ccccc1C(=O)NC1CCNC1. The van der Waals surface area contributed by atoms with Crippen molar-refractivity contribution in [1.29, 1.82) is 0 Å². The number of rotatable bonds is 2. The van der Waals surface area contributed by atoms with Gasteiger partial charge in [0.15, 0.2) is 0 Å². The molecule has 1 unspecified atom stereocenters. The molecule has 1 heterocycles. The van der Waals surface area contributed by atoms with E-state index in [1.165, 1.54) is 0 Å². The predicted molar refractivity (Wildman–Crippen MR) is 59.9 cm³/mol. The van der Waals surface area contributed by atoms with E-state index in [0.717, 1.165) is 30.6 Å². The van der Waals surface area contributed by atoms with Gasteiger partial charge in [-0.25, -0.2) is 0 Å². The number of benzene rings is 1. The third-order valence-electron chi connectivity index (χ3n) is 2.79. The summed E-state index contributed by atoms with van der Waals surface area (Å²) in [4.78, 5) is 11.9. The van der Waals surface area contributed by atoms with Crippen LogP contribution in [-0.2, 0) is 0 Å². The van der Waals surface area contributed by atoms with Crippen LogP contribution in [0.15, 0.2) is 24.3 Å². The second-order valence-corrected chi connectivity index (χ2v) is 3.98. The molecule has 0 bridgehead atoms. The summed E-state index contributed by atoms with van der Waals surface area (Å²) in [6, 6.07) is 7.96. The lowest BCUT2D eigenvalue weighted by Gasteiger charge is -2.12. The van der Waals surface area contributed by atoms with E-state index >= 15 is 0 Å². The van der Waals surface area contributed by atoms with Crippen molar-refractivity contribution in [3.8, 4) is 0 Å². The van der Waals surface area contributed by atoms with Crippen LogP contribution in [0.3, 0.4) is 0 Å². The highest BCUT2D eigenvalue weighted by molar-refractivity contribution is 5.95. The molecule has 0 aromatic heterocycles. The van der Waals surface area contributed by atoms with Gasteiger partial charge in [0, 0.05) is 18.2 Å². The molecule has 3 nitrogen and oxygen atoms in total. The predicted octanol–water partition coefficient (Wildman–Crippen LogP) is 1.09. The number of amides is 1. The van der Waals surface area contributed by atoms with E-state index in [1.807, 2.05) is 31.2 Å². The Labute approximate surface area is 89.9 Å². The fraction of sp³-hybridized carbons (Fsp3) is 0.417. The van der Waals surface area contributed by atoms with Crippen LogP contribution in [0.25, 0.3) is 0 Å². The van der Waals surface area contributed by atoms with E-state index in [-0.39, 0.29) is 11.9 Å². The van der Waals surface area contributed by atoms with Crippen LogP contribution in [-0.4, -0.2) is 25.0 Å². The number of aryl methyl sites for hydroxylation is 1. The standard InChI is InChI=1S/C12H16N2O/c1-9-4-2-3-5-11(9)12(15)14-10-6-7-13-8-10/h2-5,10,13H,6-8H2,1H3,(H,14,15). The van der Waals surface area contributed by atoms with Crippen molar-refractivity contribution in [2.24, 2.45) is 0 Å². The van der Waals surface area contributed by atoms with Gasteiger partial charge in [-0.2, -0.15) is 0 Å². The second-order valence-electron chi connectivity index (χ2n) is 3.98. The largest absolute Gasteiger partial charge is 0.348 e. The van der Waals surface area contributed by atoms with Gasteiger partial charge in [0.05, 0.1) is 0 Å². The molecule has 2 rings (SSSR count). The van der Waals surface area contributed by atoms with Gasteiger partial charge in [-0.3, -0.25) is 4.79 Å². The van der Waals surface area contributed by atoms with Crippen molar-refractivity contribution in [2.45, 2.75) is 19.4 Å². The molecule has 1 aliphatic rings. The minimum atomic E-state index is 0.0433. The maximum Gasteiger partial charge on any atom is 0.251 e. The van der Waals surface area contributed by atoms with E-state index < -0.39 is 0 Å². The van der Waals surface area contributed by atoms with Crippen molar-refractivity contribution < 1.29 is 4.79 Å². The Balaban J connectivity index is 2.04. The van der Waals surface area contributed by atoms with Crippen molar-refractivity contribution in [3.63, 3.8) is 0 Å². The highest BCUT2D eigenvalue weighted by Crippen LogP contribution is 2.08. The van der Waals surface area contributed by atoms with E-state index in [9.17, 15) is 4.79 Å². The second kappa shape index (κ2) is 4.45. The van der Waals surface area contributed by atoms with E-state index in [4.69, 9.17) is 0 Å². The summed E-state index contributed by atoms with van der Waals surface area (Å²) < 4.78 is 0. The van der Waals surface area contributed by atoms with E-state index in [0.29, 0.717) is 0 Å². The Morgan fingerprint density at radius 1 is 1.47 bits per heavy atom. The summed E-state index contributed by atoms with van der Waals surface area (Å²) in [5.74, 6) is 0.0433. The van der Waals surface area contributed by atoms with Crippen LogP contribution < -0.4 is 10.6 Å². The third-order valence-corrected chi connectivity index (χ3v) is 2.79. The molecule has 1 amide bonds. The molecular formula is C12H16N2O. The highest BCUT2D eigenvalue weighted by Gasteiger charge is 2.17. The summed E-state index contributed by atoms with van der Waals surface area (Å²) in [6.07, 6.45) is 1.03. The summed E-state index contributed by atoms with van der Waals surface area (Å²) in [7, 11) is 0. The lowest BCUT2D eigenvalue weighted by Crippen LogP contribution is -2.36. The first-order chi connectivity index (χ1) is 7.27. The third kappa shape index (κ3) is 2.36. The Hall–Kier alpha value is -1.35. The smallest absolute Gasteiger partial charge is 0.251 e. The molecule has 1 aliphatic heterocycles. The lowest BCUT2D eigenvalue weighted by atomic mass is 10.1. The summed E-state index contributed by atoms with van der Waals surface area (Å²) in [6.45, 7) is 3.85. The molecule has 0 spiro atoms. The molecule has 80 valence electrons. The van der Waals surface area contributed by atoms with Gasteiger partial charge in [0.1, 0.15) is 0 Å². The maximum absolute atomic E-state index is 11.9. The van der Waals surface area contributed by atoms with Gasteiger partial charge in [-0.05, 0) is 31.5 Å².